The van der Waals surface area contributed by atoms with Crippen molar-refractivity contribution in [1.29, 1.82) is 0 Å². The molecule has 0 radical (unpaired) electrons. The Labute approximate surface area is 177 Å². The molecular formula is C21H32N4O5. The number of Topliss-reactive ketones (excluding diaryl/α,β-unsaturated/α-hetero) is 1. The molecule has 0 bridgehead atoms. The van der Waals surface area contributed by atoms with E-state index >= 15 is 0 Å². The Balaban J connectivity index is 2.23. The first-order valence-electron chi connectivity index (χ1n) is 10.3. The number of nitrogens with one attached hydrogen (secondary N) is 2. The molecule has 30 heavy (non-hydrogen) atoms. The van der Waals surface area contributed by atoms with Gasteiger partial charge in [-0.3, -0.25) is 19.8 Å². The number of nitro benzene ring substituents is 1. The van der Waals surface area contributed by atoms with E-state index in [1.807, 2.05) is 0 Å². The van der Waals surface area contributed by atoms with E-state index in [2.05, 4.69) is 24.5 Å². The maximum Gasteiger partial charge on any atom is 0.411 e. The Morgan fingerprint density at radius 3 is 2.67 bits per heavy atom. The molecular weight excluding hydrogens is 388 g/mol. The van der Waals surface area contributed by atoms with Crippen LogP contribution in [0.1, 0.15) is 51.4 Å². The number of hydrogen-bond donors (Lipinski definition) is 2. The summed E-state index contributed by atoms with van der Waals surface area (Å²) in [6.45, 7) is 11.2. The third-order valence-corrected chi connectivity index (χ3v) is 4.69. The van der Waals surface area contributed by atoms with Crippen LogP contribution in [0.15, 0.2) is 18.2 Å². The SMILES string of the molecule is CC(C)CCNc1ccc(C(=O)C2CNCCN2C(=O)OC(C)(C)C)cc1[N+](=O)[O-]. The number of nitro groups is 1. The zero-order chi connectivity index (χ0) is 22.5. The number of benzene rings is 1. The molecule has 1 amide bonds. The highest BCUT2D eigenvalue weighted by molar-refractivity contribution is 6.02. The Morgan fingerprint density at radius 2 is 2.07 bits per heavy atom. The molecule has 2 N–H and O–H groups in total. The number of carbonyl (C=O) groups excluding carboxylic acids is 2. The number of piperazine rings is 1. The number of carbonyl (C=O) groups is 2. The lowest BCUT2D eigenvalue weighted by Gasteiger charge is -2.36. The molecule has 2 rings (SSSR count). The van der Waals surface area contributed by atoms with Gasteiger partial charge in [-0.1, -0.05) is 13.8 Å². The van der Waals surface area contributed by atoms with E-state index < -0.39 is 22.7 Å². The van der Waals surface area contributed by atoms with Crippen LogP contribution in [0.3, 0.4) is 0 Å². The highest BCUT2D eigenvalue weighted by Crippen LogP contribution is 2.27. The standard InChI is InChI=1S/C21H32N4O5/c1-14(2)8-9-23-16-7-6-15(12-17(16)25(28)29)19(26)18-13-22-10-11-24(18)20(27)30-21(3,4)5/h6-7,12,14,18,22-23H,8-11,13H2,1-5H3. The molecule has 1 unspecified atom stereocenters. The van der Waals surface area contributed by atoms with Crippen molar-refractivity contribution in [1.82, 2.24) is 10.2 Å². The van der Waals surface area contributed by atoms with Crippen LogP contribution in [0.25, 0.3) is 0 Å². The Hall–Kier alpha value is -2.68. The van der Waals surface area contributed by atoms with E-state index in [0.717, 1.165) is 6.42 Å². The van der Waals surface area contributed by atoms with Crippen molar-refractivity contribution in [2.24, 2.45) is 5.92 Å². The molecule has 1 aromatic rings. The molecule has 0 saturated carbocycles. The first-order chi connectivity index (χ1) is 14.0. The van der Waals surface area contributed by atoms with Crippen molar-refractivity contribution in [2.75, 3.05) is 31.5 Å². The molecule has 1 heterocycles. The average Bonchev–Trinajstić information content (AvgIpc) is 2.66. The van der Waals surface area contributed by atoms with Gasteiger partial charge in [-0.15, -0.1) is 0 Å². The lowest BCUT2D eigenvalue weighted by Crippen LogP contribution is -2.57. The highest BCUT2D eigenvalue weighted by atomic mass is 16.6. The normalized spacial score (nSPS) is 17.0. The predicted octanol–water partition coefficient (Wildman–Crippen LogP) is 3.44. The van der Waals surface area contributed by atoms with Crippen LogP contribution in [0, 0.1) is 16.0 Å². The van der Waals surface area contributed by atoms with Crippen molar-refractivity contribution >= 4 is 23.3 Å². The zero-order valence-electron chi connectivity index (χ0n) is 18.4. The van der Waals surface area contributed by atoms with E-state index in [1.54, 1.807) is 32.9 Å². The van der Waals surface area contributed by atoms with Gasteiger partial charge in [-0.2, -0.15) is 0 Å². The molecule has 1 atom stereocenters. The van der Waals surface area contributed by atoms with Gasteiger partial charge in [-0.05, 0) is 45.2 Å². The molecule has 1 aromatic carbocycles. The summed E-state index contributed by atoms with van der Waals surface area (Å²) in [5, 5.41) is 17.7. The average molecular weight is 421 g/mol. The second kappa shape index (κ2) is 9.88. The summed E-state index contributed by atoms with van der Waals surface area (Å²) in [5.74, 6) is 0.111. The zero-order valence-corrected chi connectivity index (χ0v) is 18.4. The van der Waals surface area contributed by atoms with Crippen molar-refractivity contribution in [3.8, 4) is 0 Å². The first-order valence-corrected chi connectivity index (χ1v) is 10.3. The van der Waals surface area contributed by atoms with Gasteiger partial charge in [0.1, 0.15) is 17.3 Å². The maximum absolute atomic E-state index is 13.1. The van der Waals surface area contributed by atoms with Crippen LogP contribution in [0.5, 0.6) is 0 Å². The second-order valence-corrected chi connectivity index (χ2v) is 8.86. The Bertz CT molecular complexity index is 788. The summed E-state index contributed by atoms with van der Waals surface area (Å²) in [4.78, 5) is 38.2. The number of nitrogens with zero attached hydrogens (tertiary/aromatic N) is 2. The second-order valence-electron chi connectivity index (χ2n) is 8.86. The van der Waals surface area contributed by atoms with Gasteiger partial charge >= 0.3 is 6.09 Å². The van der Waals surface area contributed by atoms with Crippen LogP contribution < -0.4 is 10.6 Å². The maximum atomic E-state index is 13.1. The van der Waals surface area contributed by atoms with Crippen molar-refractivity contribution in [2.45, 2.75) is 52.7 Å². The summed E-state index contributed by atoms with van der Waals surface area (Å²) < 4.78 is 5.43. The monoisotopic (exact) mass is 420 g/mol. The van der Waals surface area contributed by atoms with E-state index in [1.165, 1.54) is 11.0 Å². The third kappa shape index (κ3) is 6.41. The van der Waals surface area contributed by atoms with Crippen LogP contribution in [0.4, 0.5) is 16.2 Å². The molecule has 0 spiro atoms. The third-order valence-electron chi connectivity index (χ3n) is 4.69. The van der Waals surface area contributed by atoms with E-state index in [-0.39, 0.29) is 23.6 Å². The van der Waals surface area contributed by atoms with Crippen LogP contribution in [-0.2, 0) is 4.74 Å². The van der Waals surface area contributed by atoms with Gasteiger partial charge in [0.05, 0.1) is 4.92 Å². The molecule has 9 nitrogen and oxygen atoms in total. The number of ether oxygens (including phenoxy) is 1. The number of ketones is 1. The quantitative estimate of drug-likeness (QED) is 0.394. The van der Waals surface area contributed by atoms with E-state index in [4.69, 9.17) is 4.74 Å². The molecule has 1 saturated heterocycles. The summed E-state index contributed by atoms with van der Waals surface area (Å²) in [7, 11) is 0. The summed E-state index contributed by atoms with van der Waals surface area (Å²) in [6.07, 6.45) is 0.306. The van der Waals surface area contributed by atoms with Gasteiger partial charge in [0.2, 0.25) is 0 Å². The smallest absolute Gasteiger partial charge is 0.411 e. The molecule has 0 aromatic heterocycles. The fraction of sp³-hybridized carbons (Fsp3) is 0.619. The van der Waals surface area contributed by atoms with Crippen molar-refractivity contribution < 1.29 is 19.2 Å². The molecule has 166 valence electrons. The minimum atomic E-state index is -0.784. The lowest BCUT2D eigenvalue weighted by atomic mass is 10.00. The summed E-state index contributed by atoms with van der Waals surface area (Å²) in [6, 6.07) is 3.62. The molecule has 1 aliphatic heterocycles. The fourth-order valence-electron chi connectivity index (χ4n) is 3.15. The van der Waals surface area contributed by atoms with Crippen molar-refractivity contribution in [3.63, 3.8) is 0 Å². The van der Waals surface area contributed by atoms with Gasteiger partial charge in [0.15, 0.2) is 5.78 Å². The number of hydrogen-bond acceptors (Lipinski definition) is 7. The van der Waals surface area contributed by atoms with Gasteiger partial charge in [-0.25, -0.2) is 4.79 Å². The summed E-state index contributed by atoms with van der Waals surface area (Å²) in [5.41, 5.74) is -0.268. The molecule has 9 heteroatoms. The highest BCUT2D eigenvalue weighted by Gasteiger charge is 2.35. The molecule has 0 aliphatic carbocycles. The van der Waals surface area contributed by atoms with E-state index in [9.17, 15) is 19.7 Å². The molecule has 1 fully saturated rings. The number of anilines is 1. The van der Waals surface area contributed by atoms with Crippen LogP contribution in [-0.4, -0.2) is 59.5 Å². The Kier molecular flexibility index (Phi) is 7.77. The Morgan fingerprint density at radius 1 is 1.37 bits per heavy atom. The minimum absolute atomic E-state index is 0.155. The minimum Gasteiger partial charge on any atom is -0.444 e. The summed E-state index contributed by atoms with van der Waals surface area (Å²) >= 11 is 0. The molecule has 1 aliphatic rings. The van der Waals surface area contributed by atoms with Crippen LogP contribution >= 0.6 is 0 Å². The lowest BCUT2D eigenvalue weighted by molar-refractivity contribution is -0.384. The number of amides is 1. The van der Waals surface area contributed by atoms with Gasteiger partial charge in [0.25, 0.3) is 5.69 Å². The van der Waals surface area contributed by atoms with Gasteiger partial charge < -0.3 is 15.4 Å². The van der Waals surface area contributed by atoms with Crippen LogP contribution in [0.2, 0.25) is 0 Å². The van der Waals surface area contributed by atoms with E-state index in [0.29, 0.717) is 31.2 Å². The number of rotatable bonds is 7. The predicted molar refractivity (Wildman–Crippen MR) is 115 cm³/mol. The van der Waals surface area contributed by atoms with Gasteiger partial charge in [0, 0.05) is 37.8 Å². The topological polar surface area (TPSA) is 114 Å². The fourth-order valence-corrected chi connectivity index (χ4v) is 3.15. The first kappa shape index (κ1) is 23.6. The largest absolute Gasteiger partial charge is 0.444 e. The van der Waals surface area contributed by atoms with Crippen molar-refractivity contribution in [3.05, 3.63) is 33.9 Å².